The standard InChI is InChI=1S/C10H9BrClN/c1-6-5-13(2)10-4-9(12)8(11)3-7(6)10/h3-5H,1-2H3. The van der Waals surface area contributed by atoms with Gasteiger partial charge in [-0.2, -0.15) is 0 Å². The second kappa shape index (κ2) is 3.03. The smallest absolute Gasteiger partial charge is 0.0569 e. The summed E-state index contributed by atoms with van der Waals surface area (Å²) in [6, 6.07) is 4.04. The van der Waals surface area contributed by atoms with Crippen LogP contribution in [0.2, 0.25) is 5.02 Å². The van der Waals surface area contributed by atoms with E-state index in [2.05, 4.69) is 39.7 Å². The minimum Gasteiger partial charge on any atom is -0.350 e. The molecule has 0 saturated heterocycles. The van der Waals surface area contributed by atoms with Crippen LogP contribution in [0.4, 0.5) is 0 Å². The van der Waals surface area contributed by atoms with Crippen molar-refractivity contribution in [2.45, 2.75) is 6.92 Å². The maximum Gasteiger partial charge on any atom is 0.0569 e. The molecule has 0 spiro atoms. The molecule has 0 amide bonds. The molecule has 0 N–H and O–H groups in total. The van der Waals surface area contributed by atoms with Crippen LogP contribution in [-0.4, -0.2) is 4.57 Å². The molecule has 0 aliphatic heterocycles. The van der Waals surface area contributed by atoms with Gasteiger partial charge in [0, 0.05) is 28.6 Å². The van der Waals surface area contributed by atoms with Crippen LogP contribution in [0, 0.1) is 6.92 Å². The summed E-state index contributed by atoms with van der Waals surface area (Å²) >= 11 is 9.43. The quantitative estimate of drug-likeness (QED) is 0.675. The summed E-state index contributed by atoms with van der Waals surface area (Å²) in [6.07, 6.45) is 2.10. The molecule has 0 aliphatic rings. The maximum absolute atomic E-state index is 6.01. The minimum absolute atomic E-state index is 0.758. The summed E-state index contributed by atoms with van der Waals surface area (Å²) in [4.78, 5) is 0. The zero-order valence-electron chi connectivity index (χ0n) is 7.44. The highest BCUT2D eigenvalue weighted by molar-refractivity contribution is 9.10. The maximum atomic E-state index is 6.01. The van der Waals surface area contributed by atoms with Crippen LogP contribution in [0.1, 0.15) is 5.56 Å². The van der Waals surface area contributed by atoms with Crippen molar-refractivity contribution in [3.05, 3.63) is 33.4 Å². The van der Waals surface area contributed by atoms with Gasteiger partial charge in [0.1, 0.15) is 0 Å². The van der Waals surface area contributed by atoms with Crippen molar-refractivity contribution in [1.82, 2.24) is 4.57 Å². The van der Waals surface area contributed by atoms with Crippen molar-refractivity contribution in [1.29, 1.82) is 0 Å². The SMILES string of the molecule is Cc1cn(C)c2cc(Cl)c(Br)cc12. The highest BCUT2D eigenvalue weighted by Crippen LogP contribution is 2.30. The Morgan fingerprint density at radius 2 is 2.08 bits per heavy atom. The molecule has 1 aromatic carbocycles. The predicted molar refractivity (Wildman–Crippen MR) is 60.4 cm³/mol. The van der Waals surface area contributed by atoms with Crippen molar-refractivity contribution in [3.63, 3.8) is 0 Å². The van der Waals surface area contributed by atoms with E-state index >= 15 is 0 Å². The van der Waals surface area contributed by atoms with E-state index in [4.69, 9.17) is 11.6 Å². The molecule has 13 heavy (non-hydrogen) atoms. The van der Waals surface area contributed by atoms with Crippen LogP contribution >= 0.6 is 27.5 Å². The summed E-state index contributed by atoms with van der Waals surface area (Å²) in [6.45, 7) is 2.10. The Labute approximate surface area is 90.4 Å². The van der Waals surface area contributed by atoms with Gasteiger partial charge >= 0.3 is 0 Å². The van der Waals surface area contributed by atoms with Crippen molar-refractivity contribution in [2.75, 3.05) is 0 Å². The average Bonchev–Trinajstić information content (AvgIpc) is 2.31. The van der Waals surface area contributed by atoms with Crippen LogP contribution in [0.5, 0.6) is 0 Å². The molecule has 2 rings (SSSR count). The molecule has 68 valence electrons. The Hall–Kier alpha value is -0.470. The molecule has 0 bridgehead atoms. The van der Waals surface area contributed by atoms with E-state index < -0.39 is 0 Å². The van der Waals surface area contributed by atoms with Gasteiger partial charge in [-0.1, -0.05) is 11.6 Å². The Balaban J connectivity index is 2.91. The summed E-state index contributed by atoms with van der Waals surface area (Å²) in [7, 11) is 2.03. The van der Waals surface area contributed by atoms with Crippen molar-refractivity contribution < 1.29 is 0 Å². The van der Waals surface area contributed by atoms with Gasteiger partial charge in [-0.05, 0) is 40.5 Å². The fourth-order valence-corrected chi connectivity index (χ4v) is 2.07. The number of halogens is 2. The lowest BCUT2D eigenvalue weighted by molar-refractivity contribution is 0.964. The lowest BCUT2D eigenvalue weighted by atomic mass is 10.2. The van der Waals surface area contributed by atoms with E-state index in [1.165, 1.54) is 16.5 Å². The van der Waals surface area contributed by atoms with E-state index in [0.29, 0.717) is 0 Å². The molecule has 0 saturated carbocycles. The fraction of sp³-hybridized carbons (Fsp3) is 0.200. The predicted octanol–water partition coefficient (Wildman–Crippen LogP) is 3.90. The second-order valence-electron chi connectivity index (χ2n) is 3.21. The highest BCUT2D eigenvalue weighted by atomic mass is 79.9. The van der Waals surface area contributed by atoms with Crippen LogP contribution in [-0.2, 0) is 7.05 Å². The third-order valence-corrected chi connectivity index (χ3v) is 3.43. The number of hydrogen-bond acceptors (Lipinski definition) is 0. The van der Waals surface area contributed by atoms with E-state index in [9.17, 15) is 0 Å². The van der Waals surface area contributed by atoms with Crippen LogP contribution in [0.25, 0.3) is 10.9 Å². The molecule has 2 aromatic rings. The number of hydrogen-bond donors (Lipinski definition) is 0. The normalized spacial score (nSPS) is 11.1. The molecule has 0 unspecified atom stereocenters. The Morgan fingerprint density at radius 1 is 1.38 bits per heavy atom. The largest absolute Gasteiger partial charge is 0.350 e. The van der Waals surface area contributed by atoms with Crippen molar-refractivity contribution in [2.24, 2.45) is 7.05 Å². The van der Waals surface area contributed by atoms with E-state index in [-0.39, 0.29) is 0 Å². The molecule has 3 heteroatoms. The third-order valence-electron chi connectivity index (χ3n) is 2.23. The molecular weight excluding hydrogens is 249 g/mol. The Bertz CT molecular complexity index is 431. The molecule has 1 heterocycles. The minimum atomic E-state index is 0.758. The van der Waals surface area contributed by atoms with E-state index in [0.717, 1.165) is 9.50 Å². The molecule has 0 radical (unpaired) electrons. The van der Waals surface area contributed by atoms with Gasteiger partial charge in [-0.25, -0.2) is 0 Å². The molecule has 0 aliphatic carbocycles. The lowest BCUT2D eigenvalue weighted by Gasteiger charge is -1.99. The van der Waals surface area contributed by atoms with Gasteiger partial charge < -0.3 is 4.57 Å². The first-order valence-electron chi connectivity index (χ1n) is 4.00. The van der Waals surface area contributed by atoms with Gasteiger partial charge in [-0.15, -0.1) is 0 Å². The summed E-state index contributed by atoms with van der Waals surface area (Å²) in [5, 5.41) is 2.01. The highest BCUT2D eigenvalue weighted by Gasteiger charge is 2.06. The topological polar surface area (TPSA) is 4.93 Å². The average molecular weight is 259 g/mol. The number of fused-ring (bicyclic) bond motifs is 1. The third kappa shape index (κ3) is 1.38. The van der Waals surface area contributed by atoms with Crippen molar-refractivity contribution in [3.8, 4) is 0 Å². The number of benzene rings is 1. The first-order valence-corrected chi connectivity index (χ1v) is 5.17. The van der Waals surface area contributed by atoms with Crippen molar-refractivity contribution >= 4 is 38.4 Å². The summed E-state index contributed by atoms with van der Waals surface area (Å²) < 4.78 is 3.04. The number of aryl methyl sites for hydroxylation is 2. The van der Waals surface area contributed by atoms with Crippen LogP contribution < -0.4 is 0 Å². The summed E-state index contributed by atoms with van der Waals surface area (Å²) in [5.74, 6) is 0. The monoisotopic (exact) mass is 257 g/mol. The lowest BCUT2D eigenvalue weighted by Crippen LogP contribution is -1.83. The van der Waals surface area contributed by atoms with Crippen LogP contribution in [0.15, 0.2) is 22.8 Å². The molecule has 1 nitrogen and oxygen atoms in total. The molecule has 1 aromatic heterocycles. The first kappa shape index (κ1) is 9.10. The van der Waals surface area contributed by atoms with E-state index in [1.807, 2.05) is 13.1 Å². The molecular formula is C10H9BrClN. The van der Waals surface area contributed by atoms with Gasteiger partial charge in [0.25, 0.3) is 0 Å². The second-order valence-corrected chi connectivity index (χ2v) is 4.47. The van der Waals surface area contributed by atoms with Gasteiger partial charge in [0.2, 0.25) is 0 Å². The van der Waals surface area contributed by atoms with E-state index in [1.54, 1.807) is 0 Å². The molecule has 0 fully saturated rings. The molecule has 0 atom stereocenters. The number of aromatic nitrogens is 1. The van der Waals surface area contributed by atoms with Crippen LogP contribution in [0.3, 0.4) is 0 Å². The Morgan fingerprint density at radius 3 is 2.77 bits per heavy atom. The zero-order chi connectivity index (χ0) is 9.59. The zero-order valence-corrected chi connectivity index (χ0v) is 9.78. The fourth-order valence-electron chi connectivity index (χ4n) is 1.57. The first-order chi connectivity index (χ1) is 6.09. The van der Waals surface area contributed by atoms with Gasteiger partial charge in [0.05, 0.1) is 5.02 Å². The number of rotatable bonds is 0. The van der Waals surface area contributed by atoms with Gasteiger partial charge in [0.15, 0.2) is 0 Å². The number of nitrogens with zero attached hydrogens (tertiary/aromatic N) is 1. The Kier molecular flexibility index (Phi) is 2.12. The van der Waals surface area contributed by atoms with Gasteiger partial charge in [-0.3, -0.25) is 0 Å². The summed E-state index contributed by atoms with van der Waals surface area (Å²) in [5.41, 5.74) is 2.44.